The molecule has 0 aliphatic heterocycles. The molecule has 5 N–H and O–H groups in total. The number of rotatable bonds is 3. The van der Waals surface area contributed by atoms with Crippen LogP contribution in [0, 0.1) is 0 Å². The van der Waals surface area contributed by atoms with E-state index in [0.717, 1.165) is 0 Å². The molecule has 9 nitrogen and oxygen atoms in total. The summed E-state index contributed by atoms with van der Waals surface area (Å²) in [5, 5.41) is 0. The Kier molecular flexibility index (Phi) is 3.43. The van der Waals surface area contributed by atoms with Crippen LogP contribution >= 0.6 is 22.4 Å². The van der Waals surface area contributed by atoms with E-state index < -0.39 is 22.4 Å². The van der Waals surface area contributed by atoms with E-state index in [9.17, 15) is 13.7 Å². The zero-order valence-corrected chi connectivity index (χ0v) is 7.89. The van der Waals surface area contributed by atoms with Crippen molar-refractivity contribution in [3.05, 3.63) is 0 Å². The van der Waals surface area contributed by atoms with E-state index in [4.69, 9.17) is 24.5 Å². The van der Waals surface area contributed by atoms with Gasteiger partial charge in [-0.15, -0.1) is 0 Å². The van der Waals surface area contributed by atoms with Crippen LogP contribution < -0.4 is 0 Å². The van der Waals surface area contributed by atoms with Crippen LogP contribution in [0.4, 0.5) is 0 Å². The third-order valence-corrected chi connectivity index (χ3v) is 5.53. The minimum Gasteiger partial charge on any atom is -0.316 e. The summed E-state index contributed by atoms with van der Waals surface area (Å²) in [7, 11) is -16.6. The maximum Gasteiger partial charge on any atom is 0.477 e. The molecule has 0 aliphatic rings. The first kappa shape index (κ1) is 12.4. The van der Waals surface area contributed by atoms with Crippen LogP contribution in [-0.2, 0) is 18.0 Å². The second-order valence-electron chi connectivity index (χ2n) is 1.58. The average molecular weight is 242 g/mol. The Morgan fingerprint density at radius 3 is 1.25 bits per heavy atom. The van der Waals surface area contributed by atoms with Gasteiger partial charge in [0.1, 0.15) is 0 Å². The van der Waals surface area contributed by atoms with Crippen molar-refractivity contribution in [3.8, 4) is 0 Å². The zero-order chi connectivity index (χ0) is 10.2. The lowest BCUT2D eigenvalue weighted by atomic mass is 15.7. The molecule has 0 fully saturated rings. The van der Waals surface area contributed by atoms with Crippen LogP contribution in [0.15, 0.2) is 0 Å². The maximum atomic E-state index is 10.3. The summed E-state index contributed by atoms with van der Waals surface area (Å²) in [6, 6.07) is 0. The van der Waals surface area contributed by atoms with Crippen molar-refractivity contribution in [2.24, 2.45) is 0 Å². The van der Waals surface area contributed by atoms with E-state index in [1.54, 1.807) is 0 Å². The molecule has 0 saturated carbocycles. The fourth-order valence-corrected chi connectivity index (χ4v) is 3.39. The average Bonchev–Trinajstić information content (AvgIpc) is 1.52. The molecule has 0 radical (unpaired) electrons. The van der Waals surface area contributed by atoms with Crippen LogP contribution in [0.25, 0.3) is 0 Å². The predicted octanol–water partition coefficient (Wildman–Crippen LogP) is -0.626. The lowest BCUT2D eigenvalue weighted by Gasteiger charge is -2.12. The Bertz CT molecular complexity index is 287. The quantitative estimate of drug-likeness (QED) is 0.405. The molecule has 74 valence electrons. The normalized spacial score (nSPS) is 18.8. The van der Waals surface area contributed by atoms with Crippen LogP contribution in [0.1, 0.15) is 0 Å². The van der Waals surface area contributed by atoms with Gasteiger partial charge in [-0.1, -0.05) is 0 Å². The van der Waals surface area contributed by atoms with E-state index >= 15 is 0 Å². The Morgan fingerprint density at radius 1 is 0.833 bits per heavy atom. The second-order valence-corrected chi connectivity index (χ2v) is 8.30. The molecule has 12 heteroatoms. The highest BCUT2D eigenvalue weighted by Crippen LogP contribution is 2.79. The first-order chi connectivity index (χ1) is 4.96. The summed E-state index contributed by atoms with van der Waals surface area (Å²) in [4.78, 5) is 40.2. The summed E-state index contributed by atoms with van der Waals surface area (Å²) in [6.07, 6.45) is 0. The van der Waals surface area contributed by atoms with Crippen molar-refractivity contribution in [1.29, 1.82) is 0 Å². The van der Waals surface area contributed by atoms with Gasteiger partial charge in [0.2, 0.25) is 0 Å². The molecular formula is H5O9P3. The highest BCUT2D eigenvalue weighted by Gasteiger charge is 2.47. The molecule has 0 heterocycles. The first-order valence-electron chi connectivity index (χ1n) is 2.11. The third kappa shape index (κ3) is 3.91. The standard InChI is InChI=1S/H5O9P3/c1-10(2,3)9-12(7,8)11(4,5)6/h(H,7,8)(H2,1,2,3)(H2,4,5,6). The van der Waals surface area contributed by atoms with Gasteiger partial charge in [0.15, 0.2) is 0 Å². The van der Waals surface area contributed by atoms with Gasteiger partial charge in [-0.2, -0.15) is 4.31 Å². The Labute approximate surface area is 65.8 Å². The molecule has 0 aromatic heterocycles. The maximum absolute atomic E-state index is 10.3. The largest absolute Gasteiger partial charge is 0.477 e. The number of hydrogen-bond donors (Lipinski definition) is 5. The highest BCUT2D eigenvalue weighted by molar-refractivity contribution is 8.27. The van der Waals surface area contributed by atoms with Gasteiger partial charge in [0, 0.05) is 0 Å². The van der Waals surface area contributed by atoms with Crippen LogP contribution in [0.2, 0.25) is 0 Å². The lowest BCUT2D eigenvalue weighted by Crippen LogP contribution is -1.88. The molecule has 0 spiro atoms. The molecule has 12 heavy (non-hydrogen) atoms. The molecule has 0 amide bonds. The van der Waals surface area contributed by atoms with Crippen molar-refractivity contribution in [2.45, 2.75) is 0 Å². The number of phosphoric acid groups is 1. The second kappa shape index (κ2) is 3.31. The summed E-state index contributed by atoms with van der Waals surface area (Å²) in [5.74, 6) is 0. The van der Waals surface area contributed by atoms with Gasteiger partial charge >= 0.3 is 22.4 Å². The van der Waals surface area contributed by atoms with Crippen LogP contribution in [0.5, 0.6) is 0 Å². The molecule has 1 atom stereocenters. The van der Waals surface area contributed by atoms with Crippen LogP contribution in [0.3, 0.4) is 0 Å². The monoisotopic (exact) mass is 242 g/mol. The fraction of sp³-hybridized carbons (Fsp3) is 0. The summed E-state index contributed by atoms with van der Waals surface area (Å²) < 4.78 is 33.3. The van der Waals surface area contributed by atoms with Gasteiger partial charge in [0.25, 0.3) is 0 Å². The molecule has 0 saturated heterocycles. The van der Waals surface area contributed by atoms with Crippen molar-refractivity contribution in [3.63, 3.8) is 0 Å². The molecule has 0 aromatic rings. The van der Waals surface area contributed by atoms with Crippen LogP contribution in [-0.4, -0.2) is 24.5 Å². The zero-order valence-electron chi connectivity index (χ0n) is 5.21. The van der Waals surface area contributed by atoms with Gasteiger partial charge in [-0.3, -0.25) is 0 Å². The van der Waals surface area contributed by atoms with E-state index in [0.29, 0.717) is 0 Å². The Balaban J connectivity index is 4.82. The molecule has 0 rings (SSSR count). The molecule has 1 unspecified atom stereocenters. The molecule has 0 aromatic carbocycles. The van der Waals surface area contributed by atoms with E-state index in [-0.39, 0.29) is 0 Å². The van der Waals surface area contributed by atoms with E-state index in [1.165, 1.54) is 0 Å². The predicted molar refractivity (Wildman–Crippen MR) is 35.0 cm³/mol. The lowest BCUT2D eigenvalue weighted by molar-refractivity contribution is 0.262. The topological polar surface area (TPSA) is 162 Å². The minimum atomic E-state index is -5.59. The van der Waals surface area contributed by atoms with Crippen molar-refractivity contribution in [2.75, 3.05) is 0 Å². The van der Waals surface area contributed by atoms with E-state index in [1.807, 2.05) is 0 Å². The third-order valence-electron chi connectivity index (χ3n) is 0.542. The van der Waals surface area contributed by atoms with Gasteiger partial charge < -0.3 is 24.5 Å². The molecule has 0 bridgehead atoms. The Hall–Kier alpha value is 0.450. The molecular weight excluding hydrogens is 237 g/mol. The van der Waals surface area contributed by atoms with Gasteiger partial charge in [0.05, 0.1) is 0 Å². The summed E-state index contributed by atoms with van der Waals surface area (Å²) in [5.41, 5.74) is 0. The summed E-state index contributed by atoms with van der Waals surface area (Å²) >= 11 is 0. The fourth-order valence-electron chi connectivity index (χ4n) is 0.186. The Morgan fingerprint density at radius 2 is 1.17 bits per heavy atom. The smallest absolute Gasteiger partial charge is 0.316 e. The van der Waals surface area contributed by atoms with E-state index in [2.05, 4.69) is 4.31 Å². The van der Waals surface area contributed by atoms with Gasteiger partial charge in [-0.25, -0.2) is 13.7 Å². The van der Waals surface area contributed by atoms with Crippen molar-refractivity contribution >= 4 is 22.4 Å². The SMILES string of the molecule is O=P(O)(O)OP(=O)(O)P(=O)(O)O. The van der Waals surface area contributed by atoms with Crippen molar-refractivity contribution in [1.82, 2.24) is 0 Å². The highest BCUT2D eigenvalue weighted by atomic mass is 32.1. The number of hydrogen-bond acceptors (Lipinski definition) is 4. The van der Waals surface area contributed by atoms with Crippen molar-refractivity contribution < 1.29 is 42.5 Å². The van der Waals surface area contributed by atoms with Gasteiger partial charge in [-0.05, 0) is 0 Å². The first-order valence-corrected chi connectivity index (χ1v) is 7.54. The molecule has 0 aliphatic carbocycles. The minimum absolute atomic E-state index is 3.00. The summed E-state index contributed by atoms with van der Waals surface area (Å²) in [6.45, 7) is 0.